The first-order chi connectivity index (χ1) is 16.2. The molecule has 0 bridgehead atoms. The van der Waals surface area contributed by atoms with Gasteiger partial charge in [0.25, 0.3) is 0 Å². The minimum absolute atomic E-state index is 0.00233. The summed E-state index contributed by atoms with van der Waals surface area (Å²) in [6.45, 7) is 8.73. The third-order valence-electron chi connectivity index (χ3n) is 6.54. The number of fused-ring (bicyclic) bond motifs is 2. The van der Waals surface area contributed by atoms with Crippen LogP contribution in [-0.2, 0) is 40.3 Å². The molecule has 0 saturated carbocycles. The molecule has 0 aliphatic carbocycles. The van der Waals surface area contributed by atoms with Crippen molar-refractivity contribution in [3.8, 4) is 0 Å². The van der Waals surface area contributed by atoms with Gasteiger partial charge >= 0.3 is 12.2 Å². The van der Waals surface area contributed by atoms with Crippen molar-refractivity contribution in [2.45, 2.75) is 70.6 Å². The third kappa shape index (κ3) is 4.89. The summed E-state index contributed by atoms with van der Waals surface area (Å²) < 4.78 is 19.0. The van der Waals surface area contributed by atoms with E-state index < -0.39 is 5.60 Å². The van der Waals surface area contributed by atoms with Gasteiger partial charge in [0.1, 0.15) is 23.9 Å². The van der Waals surface area contributed by atoms with Crippen molar-refractivity contribution in [2.75, 3.05) is 19.6 Å². The summed E-state index contributed by atoms with van der Waals surface area (Å²) in [4.78, 5) is 28.4. The van der Waals surface area contributed by atoms with Gasteiger partial charge in [-0.2, -0.15) is 5.10 Å². The number of ether oxygens (including phenoxy) is 3. The summed E-state index contributed by atoms with van der Waals surface area (Å²) in [5, 5.41) is 4.75. The molecule has 1 aromatic carbocycles. The first-order valence-electron chi connectivity index (χ1n) is 11.9. The number of carbonyl (C=O) groups is 2. The topological polar surface area (TPSA) is 89.4 Å². The average Bonchev–Trinajstić information content (AvgIpc) is 3.36. The molecule has 3 aliphatic rings. The molecule has 3 aliphatic heterocycles. The number of likely N-dealkylation sites (tertiary alicyclic amines) is 1. The van der Waals surface area contributed by atoms with Gasteiger partial charge in [-0.1, -0.05) is 30.3 Å². The number of aromatic nitrogens is 2. The van der Waals surface area contributed by atoms with Crippen LogP contribution in [0.15, 0.2) is 36.4 Å². The second kappa shape index (κ2) is 8.61. The Hall–Kier alpha value is -3.07. The van der Waals surface area contributed by atoms with Crippen molar-refractivity contribution in [1.29, 1.82) is 0 Å². The molecule has 5 rings (SSSR count). The highest BCUT2D eigenvalue weighted by Crippen LogP contribution is 2.46. The maximum absolute atomic E-state index is 12.5. The SMILES string of the molecule is CC(C)(C)OC(=O)N1CCn2nc(CC34CCN(C(=O)OCc5ccccc5)CC3O4)cc2C1. The molecule has 9 heteroatoms. The van der Waals surface area contributed by atoms with Crippen LogP contribution in [0.5, 0.6) is 0 Å². The molecule has 2 amide bonds. The molecule has 9 nitrogen and oxygen atoms in total. The summed E-state index contributed by atoms with van der Waals surface area (Å²) in [6, 6.07) is 11.7. The van der Waals surface area contributed by atoms with E-state index in [0.717, 1.165) is 23.4 Å². The molecule has 0 radical (unpaired) electrons. The smallest absolute Gasteiger partial charge is 0.410 e. The minimum atomic E-state index is -0.514. The van der Waals surface area contributed by atoms with Crippen molar-refractivity contribution in [3.63, 3.8) is 0 Å². The van der Waals surface area contributed by atoms with E-state index in [0.29, 0.717) is 39.1 Å². The largest absolute Gasteiger partial charge is 0.445 e. The van der Waals surface area contributed by atoms with Crippen LogP contribution < -0.4 is 0 Å². The Bertz CT molecular complexity index is 1060. The van der Waals surface area contributed by atoms with E-state index in [4.69, 9.17) is 19.3 Å². The van der Waals surface area contributed by atoms with Crippen molar-refractivity contribution in [3.05, 3.63) is 53.3 Å². The highest BCUT2D eigenvalue weighted by atomic mass is 16.6. The third-order valence-corrected chi connectivity index (χ3v) is 6.54. The molecule has 2 aromatic rings. The summed E-state index contributed by atoms with van der Waals surface area (Å²) >= 11 is 0. The Morgan fingerprint density at radius 3 is 2.65 bits per heavy atom. The maximum atomic E-state index is 12.5. The maximum Gasteiger partial charge on any atom is 0.410 e. The van der Waals surface area contributed by atoms with Gasteiger partial charge in [-0.05, 0) is 38.8 Å². The van der Waals surface area contributed by atoms with Crippen molar-refractivity contribution < 1.29 is 23.8 Å². The fraction of sp³-hybridized carbons (Fsp3) is 0.560. The van der Waals surface area contributed by atoms with E-state index in [-0.39, 0.29) is 30.5 Å². The van der Waals surface area contributed by atoms with Gasteiger partial charge in [-0.25, -0.2) is 9.59 Å². The van der Waals surface area contributed by atoms with Crippen LogP contribution in [0.3, 0.4) is 0 Å². The first kappa shape index (κ1) is 22.7. The Morgan fingerprint density at radius 2 is 1.91 bits per heavy atom. The lowest BCUT2D eigenvalue weighted by atomic mass is 9.92. The van der Waals surface area contributed by atoms with Crippen LogP contribution in [0.4, 0.5) is 9.59 Å². The van der Waals surface area contributed by atoms with E-state index in [2.05, 4.69) is 6.07 Å². The van der Waals surface area contributed by atoms with Crippen LogP contribution in [-0.4, -0.2) is 68.7 Å². The zero-order valence-electron chi connectivity index (χ0n) is 20.0. The predicted molar refractivity (Wildman–Crippen MR) is 123 cm³/mol. The van der Waals surface area contributed by atoms with Crippen LogP contribution in [0.2, 0.25) is 0 Å². The van der Waals surface area contributed by atoms with Gasteiger partial charge in [-0.15, -0.1) is 0 Å². The van der Waals surface area contributed by atoms with Gasteiger partial charge in [0.05, 0.1) is 31.0 Å². The van der Waals surface area contributed by atoms with E-state index >= 15 is 0 Å². The molecule has 182 valence electrons. The monoisotopic (exact) mass is 468 g/mol. The number of piperidine rings is 1. The van der Waals surface area contributed by atoms with E-state index in [1.54, 1.807) is 9.80 Å². The van der Waals surface area contributed by atoms with E-state index in [1.165, 1.54) is 0 Å². The highest BCUT2D eigenvalue weighted by Gasteiger charge is 2.59. The molecular weight excluding hydrogens is 436 g/mol. The quantitative estimate of drug-likeness (QED) is 0.640. The summed E-state index contributed by atoms with van der Waals surface area (Å²) in [5.74, 6) is 0. The van der Waals surface area contributed by atoms with E-state index in [9.17, 15) is 9.59 Å². The number of benzene rings is 1. The number of amides is 2. The van der Waals surface area contributed by atoms with Crippen LogP contribution in [0.1, 0.15) is 44.1 Å². The van der Waals surface area contributed by atoms with E-state index in [1.807, 2.05) is 55.8 Å². The Morgan fingerprint density at radius 1 is 1.12 bits per heavy atom. The summed E-state index contributed by atoms with van der Waals surface area (Å²) in [7, 11) is 0. The van der Waals surface area contributed by atoms with Crippen molar-refractivity contribution >= 4 is 12.2 Å². The lowest BCUT2D eigenvalue weighted by Gasteiger charge is -2.30. The fourth-order valence-corrected chi connectivity index (χ4v) is 4.71. The Kier molecular flexibility index (Phi) is 5.75. The Balaban J connectivity index is 1.13. The number of hydrogen-bond acceptors (Lipinski definition) is 6. The van der Waals surface area contributed by atoms with Gasteiger partial charge < -0.3 is 24.0 Å². The van der Waals surface area contributed by atoms with Crippen molar-refractivity contribution in [2.24, 2.45) is 0 Å². The molecule has 0 N–H and O–H groups in total. The van der Waals surface area contributed by atoms with Gasteiger partial charge in [-0.3, -0.25) is 4.68 Å². The number of epoxide rings is 1. The molecule has 4 heterocycles. The normalized spacial score (nSPS) is 23.7. The molecule has 0 spiro atoms. The zero-order valence-corrected chi connectivity index (χ0v) is 20.0. The Labute approximate surface area is 199 Å². The molecule has 34 heavy (non-hydrogen) atoms. The van der Waals surface area contributed by atoms with Crippen molar-refractivity contribution in [1.82, 2.24) is 19.6 Å². The fourth-order valence-electron chi connectivity index (χ4n) is 4.71. The summed E-state index contributed by atoms with van der Waals surface area (Å²) in [5.41, 5.74) is 2.16. The van der Waals surface area contributed by atoms with Gasteiger partial charge in [0.15, 0.2) is 0 Å². The molecular formula is C25H32N4O5. The van der Waals surface area contributed by atoms with Crippen LogP contribution in [0, 0.1) is 0 Å². The van der Waals surface area contributed by atoms with Crippen LogP contribution in [0.25, 0.3) is 0 Å². The molecule has 2 fully saturated rings. The number of rotatable bonds is 4. The predicted octanol–water partition coefficient (Wildman–Crippen LogP) is 3.36. The molecule has 1 aromatic heterocycles. The number of nitrogens with zero attached hydrogens (tertiary/aromatic N) is 4. The van der Waals surface area contributed by atoms with Gasteiger partial charge in [0, 0.05) is 19.5 Å². The minimum Gasteiger partial charge on any atom is -0.445 e. The average molecular weight is 469 g/mol. The standard InChI is InChI=1S/C25H32N4O5/c1-24(2,3)34-23(31)28-11-12-29-20(15-28)13-19(26-29)14-25-9-10-27(16-21(25)33-25)22(30)32-17-18-7-5-4-6-8-18/h4-8,13,21H,9-12,14-17H2,1-3H3. The molecule has 2 unspecified atom stereocenters. The molecule has 2 atom stereocenters. The lowest BCUT2D eigenvalue weighted by Crippen LogP contribution is -2.44. The second-order valence-corrected chi connectivity index (χ2v) is 10.3. The second-order valence-electron chi connectivity index (χ2n) is 10.3. The number of hydrogen-bond donors (Lipinski definition) is 0. The van der Waals surface area contributed by atoms with Gasteiger partial charge in [0.2, 0.25) is 0 Å². The first-order valence-corrected chi connectivity index (χ1v) is 11.9. The summed E-state index contributed by atoms with van der Waals surface area (Å²) in [6.07, 6.45) is 0.869. The molecule has 2 saturated heterocycles. The zero-order chi connectivity index (χ0) is 23.9. The highest BCUT2D eigenvalue weighted by molar-refractivity contribution is 5.68. The number of carbonyl (C=O) groups excluding carboxylic acids is 2. The van der Waals surface area contributed by atoms with Crippen LogP contribution >= 0.6 is 0 Å². The lowest BCUT2D eigenvalue weighted by molar-refractivity contribution is 0.0194.